The number of carbonyl (C=O) groups excluding carboxylic acids is 1. The van der Waals surface area contributed by atoms with E-state index in [-0.39, 0.29) is 11.5 Å². The van der Waals surface area contributed by atoms with Gasteiger partial charge in [0, 0.05) is 17.1 Å². The predicted molar refractivity (Wildman–Crippen MR) is 91.2 cm³/mol. The van der Waals surface area contributed by atoms with Gasteiger partial charge in [0.15, 0.2) is 0 Å². The maximum absolute atomic E-state index is 12.6. The molecule has 6 nitrogen and oxygen atoms in total. The van der Waals surface area contributed by atoms with Gasteiger partial charge in [0.1, 0.15) is 4.83 Å². The number of aromatic nitrogens is 3. The molecule has 4 rings (SSSR count). The minimum atomic E-state index is -0.237. The molecule has 3 aromatic heterocycles. The third-order valence-corrected chi connectivity index (χ3v) is 4.98. The van der Waals surface area contributed by atoms with Crippen LogP contribution in [0, 0.1) is 6.92 Å². The van der Waals surface area contributed by atoms with Crippen LogP contribution in [0.4, 0.5) is 5.69 Å². The Balaban J connectivity index is 1.78. The third-order valence-electron chi connectivity index (χ3n) is 3.78. The maximum atomic E-state index is 12.6. The van der Waals surface area contributed by atoms with Crippen molar-refractivity contribution in [3.05, 3.63) is 57.6 Å². The van der Waals surface area contributed by atoms with E-state index < -0.39 is 0 Å². The summed E-state index contributed by atoms with van der Waals surface area (Å²) < 4.78 is 0. The third kappa shape index (κ3) is 2.13. The Bertz CT molecular complexity index is 1110. The Morgan fingerprint density at radius 3 is 2.96 bits per heavy atom. The molecule has 0 unspecified atom stereocenters. The summed E-state index contributed by atoms with van der Waals surface area (Å²) in [4.78, 5) is 35.4. The second-order valence-electron chi connectivity index (χ2n) is 5.17. The predicted octanol–water partition coefficient (Wildman–Crippen LogP) is 3.03. The summed E-state index contributed by atoms with van der Waals surface area (Å²) >= 11 is 1.22. The van der Waals surface area contributed by atoms with Crippen molar-refractivity contribution in [1.29, 1.82) is 0 Å². The van der Waals surface area contributed by atoms with Gasteiger partial charge in [0.25, 0.3) is 11.5 Å². The van der Waals surface area contributed by atoms with Gasteiger partial charge < -0.3 is 15.3 Å². The average Bonchev–Trinajstić information content (AvgIpc) is 3.13. The second-order valence-corrected chi connectivity index (χ2v) is 6.17. The summed E-state index contributed by atoms with van der Waals surface area (Å²) in [6.45, 7) is 1.77. The fourth-order valence-corrected chi connectivity index (χ4v) is 3.71. The minimum Gasteiger partial charge on any atom is -0.361 e. The summed E-state index contributed by atoms with van der Waals surface area (Å²) in [5, 5.41) is 4.33. The minimum absolute atomic E-state index is 0.226. The van der Waals surface area contributed by atoms with Gasteiger partial charge in [0.05, 0.1) is 22.3 Å². The van der Waals surface area contributed by atoms with E-state index in [0.717, 1.165) is 16.6 Å². The highest BCUT2D eigenvalue weighted by atomic mass is 32.1. The van der Waals surface area contributed by atoms with Crippen molar-refractivity contribution in [2.45, 2.75) is 6.92 Å². The number of hydrogen-bond donors (Lipinski definition) is 3. The van der Waals surface area contributed by atoms with Crippen LogP contribution in [0.15, 0.2) is 41.6 Å². The lowest BCUT2D eigenvalue weighted by atomic mass is 10.2. The molecular weight excluding hydrogens is 312 g/mol. The molecule has 0 aliphatic rings. The topological polar surface area (TPSA) is 90.6 Å². The molecule has 114 valence electrons. The highest BCUT2D eigenvalue weighted by Crippen LogP contribution is 2.28. The first kappa shape index (κ1) is 13.7. The number of thiophene rings is 1. The van der Waals surface area contributed by atoms with Crippen LogP contribution in [0.25, 0.3) is 21.1 Å². The number of nitrogens with one attached hydrogen (secondary N) is 3. The molecule has 0 aliphatic heterocycles. The number of aromatic amines is 2. The standard InChI is InChI=1S/C16H12N4O2S/c1-8-12-14(21)18-7-19-16(12)23-13(8)15(22)20-11-4-2-3-10-9(11)5-6-17-10/h2-7,17H,1H3,(H,20,22)(H,18,19,21). The maximum Gasteiger partial charge on any atom is 0.266 e. The number of benzene rings is 1. The van der Waals surface area contributed by atoms with E-state index in [9.17, 15) is 9.59 Å². The van der Waals surface area contributed by atoms with Crippen LogP contribution in [0.1, 0.15) is 15.2 Å². The first-order valence-electron chi connectivity index (χ1n) is 6.99. The molecule has 0 saturated heterocycles. The molecule has 0 fully saturated rings. The van der Waals surface area contributed by atoms with Gasteiger partial charge in [-0.05, 0) is 30.7 Å². The molecule has 3 N–H and O–H groups in total. The zero-order valence-electron chi connectivity index (χ0n) is 12.1. The number of carbonyl (C=O) groups is 1. The van der Waals surface area contributed by atoms with Gasteiger partial charge in [-0.15, -0.1) is 11.3 Å². The molecule has 3 heterocycles. The molecule has 0 atom stereocenters. The zero-order chi connectivity index (χ0) is 16.0. The van der Waals surface area contributed by atoms with Crippen molar-refractivity contribution in [2.24, 2.45) is 0 Å². The largest absolute Gasteiger partial charge is 0.361 e. The molecule has 1 amide bonds. The fourth-order valence-electron chi connectivity index (χ4n) is 2.67. The first-order chi connectivity index (χ1) is 11.1. The lowest BCUT2D eigenvalue weighted by molar-refractivity contribution is 0.103. The number of rotatable bonds is 2. The van der Waals surface area contributed by atoms with Crippen LogP contribution in [-0.4, -0.2) is 20.9 Å². The van der Waals surface area contributed by atoms with Crippen LogP contribution < -0.4 is 10.9 Å². The highest BCUT2D eigenvalue weighted by Gasteiger charge is 2.19. The van der Waals surface area contributed by atoms with Crippen LogP contribution in [0.3, 0.4) is 0 Å². The molecule has 0 aliphatic carbocycles. The van der Waals surface area contributed by atoms with Crippen molar-refractivity contribution in [3.63, 3.8) is 0 Å². The lowest BCUT2D eigenvalue weighted by Crippen LogP contribution is -2.12. The van der Waals surface area contributed by atoms with E-state index in [0.29, 0.717) is 20.7 Å². The Labute approximate surface area is 134 Å². The number of H-pyrrole nitrogens is 2. The summed E-state index contributed by atoms with van der Waals surface area (Å²) in [6.07, 6.45) is 3.18. The van der Waals surface area contributed by atoms with Crippen LogP contribution in [0.5, 0.6) is 0 Å². The van der Waals surface area contributed by atoms with E-state index in [2.05, 4.69) is 20.3 Å². The van der Waals surface area contributed by atoms with Crippen molar-refractivity contribution in [3.8, 4) is 0 Å². The molecule has 23 heavy (non-hydrogen) atoms. The van der Waals surface area contributed by atoms with E-state index in [1.54, 1.807) is 6.92 Å². The first-order valence-corrected chi connectivity index (χ1v) is 7.81. The number of nitrogens with zero attached hydrogens (tertiary/aromatic N) is 1. The highest BCUT2D eigenvalue weighted by molar-refractivity contribution is 7.20. The molecule has 7 heteroatoms. The van der Waals surface area contributed by atoms with Crippen LogP contribution >= 0.6 is 11.3 Å². The van der Waals surface area contributed by atoms with Crippen molar-refractivity contribution < 1.29 is 4.79 Å². The van der Waals surface area contributed by atoms with E-state index in [1.807, 2.05) is 30.5 Å². The average molecular weight is 324 g/mol. The van der Waals surface area contributed by atoms with Crippen LogP contribution in [0.2, 0.25) is 0 Å². The monoisotopic (exact) mass is 324 g/mol. The van der Waals surface area contributed by atoms with E-state index in [1.165, 1.54) is 17.7 Å². The fraction of sp³-hybridized carbons (Fsp3) is 0.0625. The summed E-state index contributed by atoms with van der Waals surface area (Å²) in [7, 11) is 0. The Kier molecular flexibility index (Phi) is 3.02. The molecule has 0 bridgehead atoms. The van der Waals surface area contributed by atoms with Gasteiger partial charge in [-0.2, -0.15) is 0 Å². The summed E-state index contributed by atoms with van der Waals surface area (Å²) in [5.74, 6) is -0.237. The number of anilines is 1. The van der Waals surface area contributed by atoms with Gasteiger partial charge in [0.2, 0.25) is 0 Å². The Morgan fingerprint density at radius 1 is 1.26 bits per heavy atom. The van der Waals surface area contributed by atoms with Crippen molar-refractivity contribution >= 4 is 44.1 Å². The van der Waals surface area contributed by atoms with Crippen LogP contribution in [-0.2, 0) is 0 Å². The molecular formula is C16H12N4O2S. The van der Waals surface area contributed by atoms with Gasteiger partial charge in [-0.1, -0.05) is 6.07 Å². The number of hydrogen-bond acceptors (Lipinski definition) is 4. The molecule has 0 radical (unpaired) electrons. The Hall–Kier alpha value is -2.93. The van der Waals surface area contributed by atoms with E-state index in [4.69, 9.17) is 0 Å². The smallest absolute Gasteiger partial charge is 0.266 e. The lowest BCUT2D eigenvalue weighted by Gasteiger charge is -2.06. The van der Waals surface area contributed by atoms with Gasteiger partial charge >= 0.3 is 0 Å². The number of fused-ring (bicyclic) bond motifs is 2. The normalized spacial score (nSPS) is 11.2. The van der Waals surface area contributed by atoms with Gasteiger partial charge in [-0.3, -0.25) is 9.59 Å². The quantitative estimate of drug-likeness (QED) is 0.529. The molecule has 0 spiro atoms. The van der Waals surface area contributed by atoms with E-state index >= 15 is 0 Å². The number of amides is 1. The SMILES string of the molecule is Cc1c(C(=O)Nc2cccc3[nH]ccc23)sc2nc[nH]c(=O)c12. The molecule has 4 aromatic rings. The molecule has 1 aromatic carbocycles. The zero-order valence-corrected chi connectivity index (χ0v) is 13.0. The number of aryl methyl sites for hydroxylation is 1. The molecule has 0 saturated carbocycles. The summed E-state index contributed by atoms with van der Waals surface area (Å²) in [6, 6.07) is 7.58. The second kappa shape index (κ2) is 5.06. The summed E-state index contributed by atoms with van der Waals surface area (Å²) in [5.41, 5.74) is 2.11. The van der Waals surface area contributed by atoms with Crippen molar-refractivity contribution in [1.82, 2.24) is 15.0 Å². The Morgan fingerprint density at radius 2 is 2.13 bits per heavy atom. The van der Waals surface area contributed by atoms with Gasteiger partial charge in [-0.25, -0.2) is 4.98 Å². The van der Waals surface area contributed by atoms with Crippen molar-refractivity contribution in [2.75, 3.05) is 5.32 Å².